The first-order chi connectivity index (χ1) is 11.3. The second-order valence-electron chi connectivity index (χ2n) is 6.39. The van der Waals surface area contributed by atoms with E-state index >= 15 is 0 Å². The maximum Gasteiger partial charge on any atom is 0.208 e. The van der Waals surface area contributed by atoms with Gasteiger partial charge in [0.15, 0.2) is 0 Å². The minimum absolute atomic E-state index is 0.112. The summed E-state index contributed by atoms with van der Waals surface area (Å²) in [6.07, 6.45) is 5.75. The molecular formula is C15H24N6O2S. The van der Waals surface area contributed by atoms with Crippen LogP contribution in [0.3, 0.4) is 0 Å². The molecule has 0 bridgehead atoms. The molecule has 1 atom stereocenters. The third kappa shape index (κ3) is 3.85. The van der Waals surface area contributed by atoms with Gasteiger partial charge in [-0.05, 0) is 19.4 Å². The number of nitrogens with one attached hydrogen (secondary N) is 1. The van der Waals surface area contributed by atoms with Crippen molar-refractivity contribution in [3.63, 3.8) is 0 Å². The second-order valence-corrected chi connectivity index (χ2v) is 8.23. The van der Waals surface area contributed by atoms with Gasteiger partial charge in [-0.1, -0.05) is 0 Å². The normalized spacial score (nSPS) is 19.2. The summed E-state index contributed by atoms with van der Waals surface area (Å²) in [4.78, 5) is 2.31. The van der Waals surface area contributed by atoms with Crippen molar-refractivity contribution in [1.29, 1.82) is 0 Å². The summed E-state index contributed by atoms with van der Waals surface area (Å²) in [7, 11) is -1.28. The first-order valence-electron chi connectivity index (χ1n) is 8.00. The van der Waals surface area contributed by atoms with Crippen LogP contribution in [0.25, 0.3) is 0 Å². The highest BCUT2D eigenvalue weighted by Gasteiger charge is 2.26. The topological polar surface area (TPSA) is 85.1 Å². The molecule has 1 unspecified atom stereocenters. The van der Waals surface area contributed by atoms with Crippen molar-refractivity contribution in [1.82, 2.24) is 29.2 Å². The number of fused-ring (bicyclic) bond motifs is 1. The monoisotopic (exact) mass is 352 g/mol. The van der Waals surface area contributed by atoms with Gasteiger partial charge in [-0.2, -0.15) is 10.2 Å². The summed E-state index contributed by atoms with van der Waals surface area (Å²) in [5.74, 6) is 0. The van der Waals surface area contributed by atoms with Crippen molar-refractivity contribution in [2.45, 2.75) is 39.0 Å². The molecule has 2 aromatic heterocycles. The van der Waals surface area contributed by atoms with Gasteiger partial charge < -0.3 is 0 Å². The minimum Gasteiger partial charge on any atom is -0.289 e. The van der Waals surface area contributed by atoms with E-state index < -0.39 is 10.0 Å². The van der Waals surface area contributed by atoms with E-state index in [1.165, 1.54) is 6.26 Å². The maximum atomic E-state index is 11.5. The Hall–Kier alpha value is -1.71. The van der Waals surface area contributed by atoms with E-state index in [4.69, 9.17) is 0 Å². The molecule has 0 radical (unpaired) electrons. The van der Waals surface area contributed by atoms with Crippen LogP contribution in [0, 0.1) is 6.92 Å². The van der Waals surface area contributed by atoms with Crippen LogP contribution in [0.15, 0.2) is 18.5 Å². The van der Waals surface area contributed by atoms with Gasteiger partial charge in [0.05, 0.1) is 18.1 Å². The maximum absolute atomic E-state index is 11.5. The Balaban J connectivity index is 1.82. The molecule has 0 aliphatic carbocycles. The van der Waals surface area contributed by atoms with Crippen LogP contribution in [0.5, 0.6) is 0 Å². The highest BCUT2D eigenvalue weighted by Crippen LogP contribution is 2.20. The molecule has 0 spiro atoms. The van der Waals surface area contributed by atoms with E-state index in [2.05, 4.69) is 19.8 Å². The molecule has 132 valence electrons. The standard InChI is InChI=1S/C15H24N6O2S/c1-12-13(8-17-19(12)2)10-20-11-15-4-6-16-21(15)7-5-14(20)9-18-24(3,22)23/h4,6,8,14,18H,5,7,9-11H2,1-3H3. The number of rotatable bonds is 5. The minimum atomic E-state index is -3.21. The number of hydrogen-bond acceptors (Lipinski definition) is 5. The van der Waals surface area contributed by atoms with Crippen LogP contribution < -0.4 is 4.72 Å². The van der Waals surface area contributed by atoms with Gasteiger partial charge in [-0.25, -0.2) is 13.1 Å². The summed E-state index contributed by atoms with van der Waals surface area (Å²) in [5.41, 5.74) is 3.44. The number of aryl methyl sites for hydroxylation is 2. The van der Waals surface area contributed by atoms with E-state index in [-0.39, 0.29) is 6.04 Å². The van der Waals surface area contributed by atoms with Crippen LogP contribution >= 0.6 is 0 Å². The zero-order valence-electron chi connectivity index (χ0n) is 14.3. The largest absolute Gasteiger partial charge is 0.289 e. The molecule has 24 heavy (non-hydrogen) atoms. The Morgan fingerprint density at radius 3 is 2.83 bits per heavy atom. The predicted molar refractivity (Wildman–Crippen MR) is 90.7 cm³/mol. The van der Waals surface area contributed by atoms with Gasteiger partial charge in [-0.3, -0.25) is 14.3 Å². The van der Waals surface area contributed by atoms with Crippen molar-refractivity contribution in [2.24, 2.45) is 7.05 Å². The lowest BCUT2D eigenvalue weighted by Crippen LogP contribution is -2.42. The lowest BCUT2D eigenvalue weighted by atomic mass is 10.1. The number of hydrogen-bond donors (Lipinski definition) is 1. The number of aromatic nitrogens is 4. The molecule has 3 heterocycles. The van der Waals surface area contributed by atoms with E-state index in [9.17, 15) is 8.42 Å². The molecule has 0 amide bonds. The lowest BCUT2D eigenvalue weighted by molar-refractivity contribution is 0.176. The van der Waals surface area contributed by atoms with Crippen LogP contribution in [-0.2, 0) is 36.7 Å². The SMILES string of the molecule is Cc1c(CN2Cc3ccnn3CCC2CNS(C)(=O)=O)cnn1C. The summed E-state index contributed by atoms with van der Waals surface area (Å²) < 4.78 is 29.5. The molecule has 3 rings (SSSR count). The molecule has 1 aliphatic heterocycles. The Morgan fingerprint density at radius 2 is 2.17 bits per heavy atom. The zero-order chi connectivity index (χ0) is 17.3. The Labute approximate surface area is 142 Å². The number of nitrogens with zero attached hydrogens (tertiary/aromatic N) is 5. The van der Waals surface area contributed by atoms with E-state index in [1.54, 1.807) is 0 Å². The zero-order valence-corrected chi connectivity index (χ0v) is 15.1. The van der Waals surface area contributed by atoms with Crippen molar-refractivity contribution in [3.05, 3.63) is 35.4 Å². The van der Waals surface area contributed by atoms with Crippen LogP contribution in [0.1, 0.15) is 23.4 Å². The fourth-order valence-electron chi connectivity index (χ4n) is 3.07. The fraction of sp³-hybridized carbons (Fsp3) is 0.600. The van der Waals surface area contributed by atoms with Crippen molar-refractivity contribution in [2.75, 3.05) is 12.8 Å². The third-order valence-electron chi connectivity index (χ3n) is 4.65. The van der Waals surface area contributed by atoms with Gasteiger partial charge in [0.25, 0.3) is 0 Å². The van der Waals surface area contributed by atoms with E-state index in [0.29, 0.717) is 6.54 Å². The Morgan fingerprint density at radius 1 is 1.38 bits per heavy atom. The summed E-state index contributed by atoms with van der Waals surface area (Å²) >= 11 is 0. The smallest absolute Gasteiger partial charge is 0.208 e. The molecule has 1 aliphatic rings. The second kappa shape index (κ2) is 6.66. The molecule has 9 heteroatoms. The molecule has 0 saturated heterocycles. The van der Waals surface area contributed by atoms with Gasteiger partial charge in [0.2, 0.25) is 10.0 Å². The highest BCUT2D eigenvalue weighted by molar-refractivity contribution is 7.88. The third-order valence-corrected chi connectivity index (χ3v) is 5.34. The first kappa shape index (κ1) is 17.1. The quantitative estimate of drug-likeness (QED) is 0.834. The molecule has 8 nitrogen and oxygen atoms in total. The van der Waals surface area contributed by atoms with Crippen LogP contribution in [0.2, 0.25) is 0 Å². The number of sulfonamides is 1. The molecular weight excluding hydrogens is 328 g/mol. The summed E-state index contributed by atoms with van der Waals surface area (Å²) in [6.45, 7) is 4.73. The highest BCUT2D eigenvalue weighted by atomic mass is 32.2. The van der Waals surface area contributed by atoms with Gasteiger partial charge >= 0.3 is 0 Å². The fourth-order valence-corrected chi connectivity index (χ4v) is 3.56. The predicted octanol–water partition coefficient (Wildman–Crippen LogP) is 0.249. The first-order valence-corrected chi connectivity index (χ1v) is 9.89. The average molecular weight is 352 g/mol. The van der Waals surface area contributed by atoms with Crippen molar-refractivity contribution < 1.29 is 8.42 Å². The van der Waals surface area contributed by atoms with Crippen molar-refractivity contribution in [3.8, 4) is 0 Å². The molecule has 0 saturated carbocycles. The van der Waals surface area contributed by atoms with Gasteiger partial charge in [0, 0.05) is 56.7 Å². The molecule has 0 aromatic carbocycles. The van der Waals surface area contributed by atoms with Crippen LogP contribution in [-0.4, -0.2) is 51.7 Å². The van der Waals surface area contributed by atoms with E-state index in [0.717, 1.165) is 43.0 Å². The molecule has 2 aromatic rings. The molecule has 0 fully saturated rings. The van der Waals surface area contributed by atoms with Crippen molar-refractivity contribution >= 4 is 10.0 Å². The Bertz CT molecular complexity index is 810. The summed E-state index contributed by atoms with van der Waals surface area (Å²) in [5, 5.41) is 8.67. The Kier molecular flexibility index (Phi) is 4.75. The van der Waals surface area contributed by atoms with Gasteiger partial charge in [-0.15, -0.1) is 0 Å². The van der Waals surface area contributed by atoms with Gasteiger partial charge in [0.1, 0.15) is 0 Å². The lowest BCUT2D eigenvalue weighted by Gasteiger charge is -2.29. The summed E-state index contributed by atoms with van der Waals surface area (Å²) in [6, 6.07) is 2.14. The van der Waals surface area contributed by atoms with E-state index in [1.807, 2.05) is 41.8 Å². The van der Waals surface area contributed by atoms with Crippen LogP contribution in [0.4, 0.5) is 0 Å². The molecule has 1 N–H and O–H groups in total. The average Bonchev–Trinajstić information content (AvgIpc) is 3.03.